The van der Waals surface area contributed by atoms with E-state index in [9.17, 15) is 8.42 Å². The van der Waals surface area contributed by atoms with Crippen molar-refractivity contribution in [3.8, 4) is 0 Å². The van der Waals surface area contributed by atoms with E-state index in [1.807, 2.05) is 0 Å². The third-order valence-electron chi connectivity index (χ3n) is 1.40. The molecule has 12 heavy (non-hydrogen) atoms. The van der Waals surface area contributed by atoms with E-state index in [4.69, 9.17) is 10.3 Å². The van der Waals surface area contributed by atoms with Crippen molar-refractivity contribution in [1.29, 1.82) is 0 Å². The summed E-state index contributed by atoms with van der Waals surface area (Å²) >= 11 is 0. The SMILES string of the molecule is NC1=CC(S(=O)(=O)O)C=CC=C1. The van der Waals surface area contributed by atoms with Gasteiger partial charge in [-0.05, 0) is 12.2 Å². The van der Waals surface area contributed by atoms with Crippen molar-refractivity contribution in [2.24, 2.45) is 5.73 Å². The standard InChI is InChI=1S/C7H9NO3S/c8-6-3-1-2-4-7(5-6)12(9,10)11/h1-5,7H,8H2,(H,9,10,11). The second-order valence-electron chi connectivity index (χ2n) is 2.39. The van der Waals surface area contributed by atoms with E-state index in [0.29, 0.717) is 5.70 Å². The summed E-state index contributed by atoms with van der Waals surface area (Å²) < 4.78 is 30.0. The van der Waals surface area contributed by atoms with Crippen molar-refractivity contribution in [2.75, 3.05) is 0 Å². The maximum absolute atomic E-state index is 10.7. The smallest absolute Gasteiger partial charge is 0.275 e. The molecule has 0 amide bonds. The summed E-state index contributed by atoms with van der Waals surface area (Å²) in [6.45, 7) is 0. The minimum absolute atomic E-state index is 0.322. The molecule has 1 unspecified atom stereocenters. The maximum atomic E-state index is 10.7. The second kappa shape index (κ2) is 3.12. The predicted molar refractivity (Wildman–Crippen MR) is 45.9 cm³/mol. The van der Waals surface area contributed by atoms with E-state index in [1.165, 1.54) is 18.2 Å². The first-order valence-electron chi connectivity index (χ1n) is 3.28. The van der Waals surface area contributed by atoms with E-state index in [0.717, 1.165) is 0 Å². The van der Waals surface area contributed by atoms with Crippen LogP contribution < -0.4 is 5.73 Å². The molecule has 0 heterocycles. The summed E-state index contributed by atoms with van der Waals surface area (Å²) in [4.78, 5) is 0. The predicted octanol–water partition coefficient (Wildman–Crippen LogP) is 0.211. The van der Waals surface area contributed by atoms with Gasteiger partial charge in [-0.3, -0.25) is 4.55 Å². The molecule has 1 aliphatic carbocycles. The highest BCUT2D eigenvalue weighted by atomic mass is 32.2. The van der Waals surface area contributed by atoms with E-state index < -0.39 is 15.4 Å². The first kappa shape index (κ1) is 9.02. The zero-order valence-corrected chi connectivity index (χ0v) is 7.03. The van der Waals surface area contributed by atoms with E-state index in [1.54, 1.807) is 12.2 Å². The first-order valence-corrected chi connectivity index (χ1v) is 4.79. The van der Waals surface area contributed by atoms with Gasteiger partial charge in [0.2, 0.25) is 0 Å². The van der Waals surface area contributed by atoms with Crippen molar-refractivity contribution in [3.05, 3.63) is 36.1 Å². The molecule has 4 nitrogen and oxygen atoms in total. The van der Waals surface area contributed by atoms with E-state index >= 15 is 0 Å². The van der Waals surface area contributed by atoms with Gasteiger partial charge in [-0.1, -0.05) is 18.2 Å². The van der Waals surface area contributed by atoms with Crippen LogP contribution in [-0.4, -0.2) is 18.2 Å². The summed E-state index contributed by atoms with van der Waals surface area (Å²) in [5.74, 6) is 0. The van der Waals surface area contributed by atoms with Crippen molar-refractivity contribution in [1.82, 2.24) is 0 Å². The molecule has 0 aromatic heterocycles. The Morgan fingerprint density at radius 1 is 1.42 bits per heavy atom. The normalized spacial score (nSPS) is 23.4. The molecule has 0 radical (unpaired) electrons. The zero-order valence-electron chi connectivity index (χ0n) is 6.21. The fourth-order valence-corrected chi connectivity index (χ4v) is 1.44. The lowest BCUT2D eigenvalue weighted by atomic mass is 10.3. The highest BCUT2D eigenvalue weighted by molar-refractivity contribution is 7.86. The van der Waals surface area contributed by atoms with Gasteiger partial charge in [-0.2, -0.15) is 8.42 Å². The van der Waals surface area contributed by atoms with Gasteiger partial charge in [0.1, 0.15) is 5.25 Å². The number of hydrogen-bond donors (Lipinski definition) is 2. The van der Waals surface area contributed by atoms with Crippen LogP contribution in [0.3, 0.4) is 0 Å². The molecule has 1 atom stereocenters. The minimum Gasteiger partial charge on any atom is -0.399 e. The molecule has 1 aliphatic rings. The molecule has 66 valence electrons. The Kier molecular flexibility index (Phi) is 2.35. The lowest BCUT2D eigenvalue weighted by Crippen LogP contribution is -2.16. The number of hydrogen-bond acceptors (Lipinski definition) is 3. The fraction of sp³-hybridized carbons (Fsp3) is 0.143. The summed E-state index contributed by atoms with van der Waals surface area (Å²) in [7, 11) is -4.07. The first-order chi connectivity index (χ1) is 5.50. The van der Waals surface area contributed by atoms with Gasteiger partial charge in [0, 0.05) is 5.70 Å². The molecule has 0 aromatic carbocycles. The van der Waals surface area contributed by atoms with Crippen molar-refractivity contribution in [3.63, 3.8) is 0 Å². The van der Waals surface area contributed by atoms with E-state index in [-0.39, 0.29) is 0 Å². The number of nitrogens with two attached hydrogens (primary N) is 1. The number of rotatable bonds is 1. The van der Waals surface area contributed by atoms with Gasteiger partial charge >= 0.3 is 0 Å². The average Bonchev–Trinajstić information content (AvgIpc) is 2.11. The molecular weight excluding hydrogens is 178 g/mol. The van der Waals surface area contributed by atoms with Crippen LogP contribution in [-0.2, 0) is 10.1 Å². The van der Waals surface area contributed by atoms with Crippen LogP contribution in [0.2, 0.25) is 0 Å². The molecule has 0 aliphatic heterocycles. The third-order valence-corrected chi connectivity index (χ3v) is 2.38. The third kappa shape index (κ3) is 2.21. The molecule has 0 fully saturated rings. The van der Waals surface area contributed by atoms with Crippen molar-refractivity contribution < 1.29 is 13.0 Å². The lowest BCUT2D eigenvalue weighted by Gasteiger charge is -2.02. The van der Waals surface area contributed by atoms with Crippen molar-refractivity contribution in [2.45, 2.75) is 5.25 Å². The highest BCUT2D eigenvalue weighted by Crippen LogP contribution is 2.08. The van der Waals surface area contributed by atoms with Gasteiger partial charge in [0.05, 0.1) is 0 Å². The Hall–Kier alpha value is -1.07. The fourth-order valence-electron chi connectivity index (χ4n) is 0.826. The summed E-state index contributed by atoms with van der Waals surface area (Å²) in [6, 6.07) is 0. The second-order valence-corrected chi connectivity index (χ2v) is 3.96. The number of allylic oxidation sites excluding steroid dienone is 3. The summed E-state index contributed by atoms with van der Waals surface area (Å²) in [6.07, 6.45) is 7.31. The lowest BCUT2D eigenvalue weighted by molar-refractivity contribution is 0.480. The van der Waals surface area contributed by atoms with Gasteiger partial charge in [-0.25, -0.2) is 0 Å². The molecule has 5 heteroatoms. The van der Waals surface area contributed by atoms with Gasteiger partial charge in [0.15, 0.2) is 0 Å². The van der Waals surface area contributed by atoms with Gasteiger partial charge in [-0.15, -0.1) is 0 Å². The minimum atomic E-state index is -4.07. The average molecular weight is 187 g/mol. The van der Waals surface area contributed by atoms with Gasteiger partial charge < -0.3 is 5.73 Å². The summed E-state index contributed by atoms with van der Waals surface area (Å²) in [5, 5.41) is -1.03. The molecule has 1 rings (SSSR count). The molecule has 0 aromatic rings. The van der Waals surface area contributed by atoms with Crippen LogP contribution in [0.5, 0.6) is 0 Å². The monoisotopic (exact) mass is 187 g/mol. The van der Waals surface area contributed by atoms with Crippen LogP contribution in [0.1, 0.15) is 0 Å². The molecule has 0 spiro atoms. The van der Waals surface area contributed by atoms with Crippen LogP contribution in [0, 0.1) is 0 Å². The van der Waals surface area contributed by atoms with Crippen LogP contribution in [0.4, 0.5) is 0 Å². The largest absolute Gasteiger partial charge is 0.399 e. The van der Waals surface area contributed by atoms with Crippen LogP contribution >= 0.6 is 0 Å². The summed E-state index contributed by atoms with van der Waals surface area (Å²) in [5.41, 5.74) is 5.70. The topological polar surface area (TPSA) is 80.4 Å². The highest BCUT2D eigenvalue weighted by Gasteiger charge is 2.17. The molecule has 0 bridgehead atoms. The Balaban J connectivity index is 3.03. The molecule has 3 N–H and O–H groups in total. The molecule has 0 saturated carbocycles. The Bertz CT molecular complexity index is 351. The van der Waals surface area contributed by atoms with E-state index in [2.05, 4.69) is 0 Å². The Morgan fingerprint density at radius 2 is 2.08 bits per heavy atom. The Labute approximate surface area is 70.8 Å². The molecule has 0 saturated heterocycles. The Morgan fingerprint density at radius 3 is 2.67 bits per heavy atom. The van der Waals surface area contributed by atoms with Crippen LogP contribution in [0.25, 0.3) is 0 Å². The maximum Gasteiger partial charge on any atom is 0.275 e. The van der Waals surface area contributed by atoms with Crippen molar-refractivity contribution >= 4 is 10.1 Å². The quantitative estimate of drug-likeness (QED) is 0.575. The molecular formula is C7H9NO3S. The zero-order chi connectivity index (χ0) is 9.19. The van der Waals surface area contributed by atoms with Gasteiger partial charge in [0.25, 0.3) is 10.1 Å². The van der Waals surface area contributed by atoms with Crippen LogP contribution in [0.15, 0.2) is 36.1 Å².